The molecule has 1 fully saturated rings. The van der Waals surface area contributed by atoms with Crippen molar-refractivity contribution in [3.63, 3.8) is 0 Å². The predicted octanol–water partition coefficient (Wildman–Crippen LogP) is 2.84. The molecule has 0 atom stereocenters. The third-order valence-corrected chi connectivity index (χ3v) is 7.00. The smallest absolute Gasteiger partial charge is 0.250 e. The zero-order valence-corrected chi connectivity index (χ0v) is 13.6. The Labute approximate surface area is 125 Å². The first-order chi connectivity index (χ1) is 9.55. The summed E-state index contributed by atoms with van der Waals surface area (Å²) in [5.41, 5.74) is 6.40. The van der Waals surface area contributed by atoms with Crippen molar-refractivity contribution in [2.75, 3.05) is 0 Å². The van der Waals surface area contributed by atoms with E-state index >= 15 is 0 Å². The van der Waals surface area contributed by atoms with Gasteiger partial charge >= 0.3 is 0 Å². The minimum Gasteiger partial charge on any atom is -0.326 e. The third kappa shape index (κ3) is 4.04. The summed E-state index contributed by atoms with van der Waals surface area (Å²) in [5, 5.41) is 1.81. The third-order valence-electron chi connectivity index (χ3n) is 4.00. The number of nitrogens with two attached hydrogens (primary N) is 1. The maximum atomic E-state index is 12.3. The summed E-state index contributed by atoms with van der Waals surface area (Å²) in [6.45, 7) is 2.59. The molecule has 2 rings (SSSR count). The van der Waals surface area contributed by atoms with Gasteiger partial charge in [0.15, 0.2) is 0 Å². The summed E-state index contributed by atoms with van der Waals surface area (Å²) >= 11 is 1.25. The van der Waals surface area contributed by atoms with Gasteiger partial charge < -0.3 is 5.73 Å². The van der Waals surface area contributed by atoms with Gasteiger partial charge in [-0.2, -0.15) is 0 Å². The highest BCUT2D eigenvalue weighted by molar-refractivity contribution is 7.91. The van der Waals surface area contributed by atoms with Crippen molar-refractivity contribution in [1.82, 2.24) is 4.72 Å². The second kappa shape index (κ2) is 7.02. The number of hydrogen-bond donors (Lipinski definition) is 2. The average molecular weight is 316 g/mol. The minimum atomic E-state index is -3.37. The molecule has 0 spiro atoms. The SMILES string of the molecule is CCCC1CCC(NS(=O)(=O)c2cc(CN)cs2)CC1. The fraction of sp³-hybridized carbons (Fsp3) is 0.714. The topological polar surface area (TPSA) is 72.2 Å². The molecule has 4 nitrogen and oxygen atoms in total. The van der Waals surface area contributed by atoms with Gasteiger partial charge in [-0.1, -0.05) is 19.8 Å². The van der Waals surface area contributed by atoms with Crippen molar-refractivity contribution in [3.05, 3.63) is 17.0 Å². The minimum absolute atomic E-state index is 0.0940. The normalized spacial score (nSPS) is 23.9. The van der Waals surface area contributed by atoms with E-state index in [4.69, 9.17) is 5.73 Å². The van der Waals surface area contributed by atoms with Gasteiger partial charge in [-0.15, -0.1) is 11.3 Å². The molecule has 20 heavy (non-hydrogen) atoms. The first-order valence-electron chi connectivity index (χ1n) is 7.35. The Morgan fingerprint density at radius 2 is 2.05 bits per heavy atom. The van der Waals surface area contributed by atoms with E-state index in [9.17, 15) is 8.42 Å². The maximum Gasteiger partial charge on any atom is 0.250 e. The lowest BCUT2D eigenvalue weighted by Gasteiger charge is -2.28. The molecule has 1 heterocycles. The average Bonchev–Trinajstić information content (AvgIpc) is 2.91. The van der Waals surface area contributed by atoms with Crippen molar-refractivity contribution in [2.24, 2.45) is 11.7 Å². The van der Waals surface area contributed by atoms with E-state index in [1.807, 2.05) is 5.38 Å². The molecule has 0 saturated heterocycles. The van der Waals surface area contributed by atoms with Crippen LogP contribution in [0.4, 0.5) is 0 Å². The van der Waals surface area contributed by atoms with Gasteiger partial charge in [0.2, 0.25) is 10.0 Å². The summed E-state index contributed by atoms with van der Waals surface area (Å²) in [7, 11) is -3.37. The lowest BCUT2D eigenvalue weighted by Crippen LogP contribution is -2.37. The number of sulfonamides is 1. The molecule has 0 amide bonds. The van der Waals surface area contributed by atoms with E-state index in [2.05, 4.69) is 11.6 Å². The Kier molecular flexibility index (Phi) is 5.60. The molecule has 6 heteroatoms. The van der Waals surface area contributed by atoms with Gasteiger partial charge in [-0.05, 0) is 48.6 Å². The van der Waals surface area contributed by atoms with Crippen LogP contribution in [0.5, 0.6) is 0 Å². The number of thiophene rings is 1. The fourth-order valence-corrected chi connectivity index (χ4v) is 5.40. The van der Waals surface area contributed by atoms with Gasteiger partial charge in [0, 0.05) is 12.6 Å². The number of rotatable bonds is 6. The van der Waals surface area contributed by atoms with E-state index in [0.717, 1.165) is 37.2 Å². The Morgan fingerprint density at radius 1 is 1.35 bits per heavy atom. The molecule has 114 valence electrons. The Morgan fingerprint density at radius 3 is 2.60 bits per heavy atom. The quantitative estimate of drug-likeness (QED) is 0.847. The molecule has 0 radical (unpaired) electrons. The highest BCUT2D eigenvalue weighted by atomic mass is 32.2. The molecule has 1 aliphatic carbocycles. The van der Waals surface area contributed by atoms with Crippen LogP contribution in [0, 0.1) is 5.92 Å². The van der Waals surface area contributed by atoms with Crippen LogP contribution in [0.2, 0.25) is 0 Å². The summed E-state index contributed by atoms with van der Waals surface area (Å²) < 4.78 is 27.8. The Balaban J connectivity index is 1.92. The standard InChI is InChI=1S/C14H24N2O2S2/c1-2-3-11-4-6-13(7-5-11)16-20(17,18)14-8-12(9-15)10-19-14/h8,10-11,13,16H,2-7,9,15H2,1H3. The largest absolute Gasteiger partial charge is 0.326 e. The van der Waals surface area contributed by atoms with Crippen LogP contribution in [0.3, 0.4) is 0 Å². The molecule has 0 aliphatic heterocycles. The van der Waals surface area contributed by atoms with E-state index < -0.39 is 10.0 Å². The molecule has 0 bridgehead atoms. The van der Waals surface area contributed by atoms with Crippen LogP contribution in [0.1, 0.15) is 51.0 Å². The second-order valence-electron chi connectivity index (χ2n) is 5.61. The maximum absolute atomic E-state index is 12.3. The van der Waals surface area contributed by atoms with Crippen LogP contribution in [0.25, 0.3) is 0 Å². The van der Waals surface area contributed by atoms with Crippen molar-refractivity contribution in [3.8, 4) is 0 Å². The van der Waals surface area contributed by atoms with Gasteiger partial charge in [0.1, 0.15) is 4.21 Å². The molecule has 0 aromatic carbocycles. The van der Waals surface area contributed by atoms with Crippen molar-refractivity contribution in [1.29, 1.82) is 0 Å². The van der Waals surface area contributed by atoms with Crippen LogP contribution in [-0.4, -0.2) is 14.5 Å². The first-order valence-corrected chi connectivity index (χ1v) is 9.71. The van der Waals surface area contributed by atoms with Gasteiger partial charge in [0.25, 0.3) is 0 Å². The van der Waals surface area contributed by atoms with Crippen molar-refractivity contribution >= 4 is 21.4 Å². The van der Waals surface area contributed by atoms with Crippen molar-refractivity contribution < 1.29 is 8.42 Å². The van der Waals surface area contributed by atoms with E-state index in [1.165, 1.54) is 24.2 Å². The summed E-state index contributed by atoms with van der Waals surface area (Å²) in [4.78, 5) is 0. The molecule has 1 aliphatic rings. The zero-order valence-electron chi connectivity index (χ0n) is 12.0. The van der Waals surface area contributed by atoms with Crippen molar-refractivity contribution in [2.45, 2.75) is 62.2 Å². The van der Waals surface area contributed by atoms with Gasteiger partial charge in [-0.25, -0.2) is 13.1 Å². The van der Waals surface area contributed by atoms with Crippen LogP contribution in [0.15, 0.2) is 15.7 Å². The molecular weight excluding hydrogens is 292 g/mol. The van der Waals surface area contributed by atoms with Gasteiger partial charge in [-0.3, -0.25) is 0 Å². The molecular formula is C14H24N2O2S2. The predicted molar refractivity (Wildman–Crippen MR) is 83.2 cm³/mol. The molecule has 1 saturated carbocycles. The number of hydrogen-bond acceptors (Lipinski definition) is 4. The highest BCUT2D eigenvalue weighted by Crippen LogP contribution is 2.29. The summed E-state index contributed by atoms with van der Waals surface area (Å²) in [5.74, 6) is 0.784. The summed E-state index contributed by atoms with van der Waals surface area (Å²) in [6.07, 6.45) is 6.68. The van der Waals surface area contributed by atoms with Gasteiger partial charge in [0.05, 0.1) is 0 Å². The highest BCUT2D eigenvalue weighted by Gasteiger charge is 2.26. The number of nitrogens with one attached hydrogen (secondary N) is 1. The van der Waals surface area contributed by atoms with E-state index in [0.29, 0.717) is 10.8 Å². The fourth-order valence-electron chi connectivity index (χ4n) is 2.86. The second-order valence-corrected chi connectivity index (χ2v) is 8.46. The first kappa shape index (κ1) is 15.9. The van der Waals surface area contributed by atoms with Crippen LogP contribution < -0.4 is 10.5 Å². The Hall–Kier alpha value is -0.430. The lowest BCUT2D eigenvalue weighted by atomic mass is 9.84. The van der Waals surface area contributed by atoms with Crippen LogP contribution >= 0.6 is 11.3 Å². The molecule has 1 aromatic heterocycles. The molecule has 0 unspecified atom stereocenters. The van der Waals surface area contributed by atoms with E-state index in [1.54, 1.807) is 6.07 Å². The van der Waals surface area contributed by atoms with E-state index in [-0.39, 0.29) is 6.04 Å². The van der Waals surface area contributed by atoms with Crippen LogP contribution in [-0.2, 0) is 16.6 Å². The molecule has 1 aromatic rings. The Bertz CT molecular complexity index is 517. The summed E-state index contributed by atoms with van der Waals surface area (Å²) in [6, 6.07) is 1.77. The monoisotopic (exact) mass is 316 g/mol. The zero-order chi connectivity index (χ0) is 14.6. The molecule has 3 N–H and O–H groups in total. The lowest BCUT2D eigenvalue weighted by molar-refractivity contribution is 0.297.